The highest BCUT2D eigenvalue weighted by atomic mass is 16.1. The van der Waals surface area contributed by atoms with Crippen molar-refractivity contribution in [1.82, 2.24) is 14.9 Å². The molecule has 1 N–H and O–H groups in total. The zero-order valence-corrected chi connectivity index (χ0v) is 13.9. The molecule has 4 nitrogen and oxygen atoms in total. The number of benzene rings is 1. The lowest BCUT2D eigenvalue weighted by Gasteiger charge is -2.13. The van der Waals surface area contributed by atoms with Gasteiger partial charge in [-0.25, -0.2) is 4.98 Å². The number of aromatic nitrogens is 2. The molecule has 0 saturated heterocycles. The molecule has 0 saturated carbocycles. The molecule has 1 heterocycles. The first-order valence-electron chi connectivity index (χ1n) is 7.91. The van der Waals surface area contributed by atoms with Crippen LogP contribution in [0, 0.1) is 6.92 Å². The number of hydrogen-bond donors (Lipinski definition) is 1. The van der Waals surface area contributed by atoms with E-state index in [1.54, 1.807) is 0 Å². The van der Waals surface area contributed by atoms with Crippen LogP contribution in [0.1, 0.15) is 50.5 Å². The van der Waals surface area contributed by atoms with Crippen molar-refractivity contribution < 1.29 is 4.79 Å². The highest BCUT2D eigenvalue weighted by Gasteiger charge is 2.15. The van der Waals surface area contributed by atoms with Crippen molar-refractivity contribution >= 4 is 5.91 Å². The number of nitrogens with one attached hydrogen (secondary N) is 1. The first kappa shape index (κ1) is 16.3. The van der Waals surface area contributed by atoms with Crippen LogP contribution in [0.15, 0.2) is 30.5 Å². The van der Waals surface area contributed by atoms with Gasteiger partial charge in [-0.15, -0.1) is 0 Å². The average molecular weight is 299 g/mol. The number of rotatable bonds is 6. The molecule has 0 aliphatic carbocycles. The molecule has 0 bridgehead atoms. The van der Waals surface area contributed by atoms with E-state index in [0.717, 1.165) is 29.9 Å². The zero-order chi connectivity index (χ0) is 16.1. The lowest BCUT2D eigenvalue weighted by atomic mass is 10.1. The van der Waals surface area contributed by atoms with Gasteiger partial charge in [0.2, 0.25) is 5.91 Å². The Morgan fingerprint density at radius 2 is 2.00 bits per heavy atom. The van der Waals surface area contributed by atoms with Crippen LogP contribution in [0.25, 0.3) is 11.3 Å². The van der Waals surface area contributed by atoms with Crippen LogP contribution in [-0.2, 0) is 11.8 Å². The fourth-order valence-corrected chi connectivity index (χ4v) is 2.46. The van der Waals surface area contributed by atoms with Crippen molar-refractivity contribution in [1.29, 1.82) is 0 Å². The first-order chi connectivity index (χ1) is 10.5. The first-order valence-corrected chi connectivity index (χ1v) is 7.91. The number of imidazole rings is 1. The number of carbonyl (C=O) groups is 1. The number of nitrogens with zero attached hydrogens (tertiary/aromatic N) is 2. The summed E-state index contributed by atoms with van der Waals surface area (Å²) in [5, 5.41) is 3.02. The summed E-state index contributed by atoms with van der Waals surface area (Å²) in [5.74, 6) is 0.967. The Labute approximate surface area is 132 Å². The molecule has 2 rings (SSSR count). The molecule has 118 valence electrons. The van der Waals surface area contributed by atoms with Gasteiger partial charge in [-0.2, -0.15) is 0 Å². The molecule has 0 aliphatic rings. The van der Waals surface area contributed by atoms with Crippen LogP contribution in [0.4, 0.5) is 0 Å². The van der Waals surface area contributed by atoms with Crippen molar-refractivity contribution in [2.24, 2.45) is 7.05 Å². The minimum absolute atomic E-state index is 0.0893. The number of hydrogen-bond acceptors (Lipinski definition) is 2. The Bertz CT molecular complexity index is 628. The van der Waals surface area contributed by atoms with Gasteiger partial charge in [0.15, 0.2) is 0 Å². The SMILES string of the molecule is CCCCC(=O)NC(C)c1nc(-c2ccc(C)cc2)cn1C. The van der Waals surface area contributed by atoms with Crippen LogP contribution in [0.3, 0.4) is 0 Å². The quantitative estimate of drug-likeness (QED) is 0.882. The molecule has 1 atom stereocenters. The molecule has 0 spiro atoms. The van der Waals surface area contributed by atoms with Gasteiger partial charge in [-0.1, -0.05) is 43.2 Å². The van der Waals surface area contributed by atoms with E-state index in [1.807, 2.05) is 24.7 Å². The summed E-state index contributed by atoms with van der Waals surface area (Å²) in [7, 11) is 1.97. The number of amides is 1. The second-order valence-electron chi connectivity index (χ2n) is 5.85. The summed E-state index contributed by atoms with van der Waals surface area (Å²) in [5.41, 5.74) is 3.26. The van der Waals surface area contributed by atoms with Gasteiger partial charge in [0.25, 0.3) is 0 Å². The third kappa shape index (κ3) is 3.97. The maximum Gasteiger partial charge on any atom is 0.220 e. The highest BCUT2D eigenvalue weighted by molar-refractivity contribution is 5.76. The summed E-state index contributed by atoms with van der Waals surface area (Å²) in [6, 6.07) is 8.23. The summed E-state index contributed by atoms with van der Waals surface area (Å²) < 4.78 is 1.99. The van der Waals surface area contributed by atoms with Gasteiger partial charge in [-0.05, 0) is 20.3 Å². The van der Waals surface area contributed by atoms with Crippen LogP contribution in [-0.4, -0.2) is 15.5 Å². The lowest BCUT2D eigenvalue weighted by Crippen LogP contribution is -2.28. The standard InChI is InChI=1S/C18H25N3O/c1-5-6-7-17(22)19-14(3)18-20-16(12-21(18)4)15-10-8-13(2)9-11-15/h8-12,14H,5-7H2,1-4H3,(H,19,22). The maximum absolute atomic E-state index is 11.9. The Kier molecular flexibility index (Phi) is 5.36. The number of carbonyl (C=O) groups excluding carboxylic acids is 1. The van der Waals surface area contributed by atoms with E-state index in [-0.39, 0.29) is 11.9 Å². The molecule has 1 aromatic carbocycles. The smallest absolute Gasteiger partial charge is 0.220 e. The van der Waals surface area contributed by atoms with Gasteiger partial charge in [-0.3, -0.25) is 4.79 Å². The highest BCUT2D eigenvalue weighted by Crippen LogP contribution is 2.21. The maximum atomic E-state index is 11.9. The molecule has 4 heteroatoms. The molecular formula is C18H25N3O. The number of aryl methyl sites for hydroxylation is 2. The minimum Gasteiger partial charge on any atom is -0.346 e. The third-order valence-corrected chi connectivity index (χ3v) is 3.78. The second-order valence-corrected chi connectivity index (χ2v) is 5.85. The van der Waals surface area contributed by atoms with E-state index in [0.29, 0.717) is 6.42 Å². The minimum atomic E-state index is -0.0893. The Balaban J connectivity index is 2.12. The van der Waals surface area contributed by atoms with E-state index in [9.17, 15) is 4.79 Å². The van der Waals surface area contributed by atoms with Crippen molar-refractivity contribution in [3.05, 3.63) is 41.9 Å². The third-order valence-electron chi connectivity index (χ3n) is 3.78. The fourth-order valence-electron chi connectivity index (χ4n) is 2.46. The van der Waals surface area contributed by atoms with Crippen molar-refractivity contribution in [3.63, 3.8) is 0 Å². The van der Waals surface area contributed by atoms with Crippen LogP contribution in [0.2, 0.25) is 0 Å². The van der Waals surface area contributed by atoms with Crippen LogP contribution >= 0.6 is 0 Å². The molecule has 1 aromatic heterocycles. The largest absolute Gasteiger partial charge is 0.346 e. The summed E-state index contributed by atoms with van der Waals surface area (Å²) in [4.78, 5) is 16.6. The normalized spacial score (nSPS) is 12.2. The van der Waals surface area contributed by atoms with Gasteiger partial charge < -0.3 is 9.88 Å². The van der Waals surface area contributed by atoms with E-state index >= 15 is 0 Å². The van der Waals surface area contributed by atoms with Gasteiger partial charge in [0, 0.05) is 25.2 Å². The van der Waals surface area contributed by atoms with E-state index in [1.165, 1.54) is 5.56 Å². The molecule has 0 fully saturated rings. The second kappa shape index (κ2) is 7.25. The topological polar surface area (TPSA) is 46.9 Å². The van der Waals surface area contributed by atoms with Crippen LogP contribution < -0.4 is 5.32 Å². The Morgan fingerprint density at radius 3 is 2.64 bits per heavy atom. The number of unbranched alkanes of at least 4 members (excludes halogenated alkanes) is 1. The average Bonchev–Trinajstić information content (AvgIpc) is 2.88. The molecule has 0 radical (unpaired) electrons. The molecule has 1 unspecified atom stereocenters. The predicted octanol–water partition coefficient (Wildman–Crippen LogP) is 3.76. The van der Waals surface area contributed by atoms with Gasteiger partial charge in [0.1, 0.15) is 5.82 Å². The molecular weight excluding hydrogens is 274 g/mol. The van der Waals surface area contributed by atoms with E-state index in [4.69, 9.17) is 4.98 Å². The van der Waals surface area contributed by atoms with Crippen molar-refractivity contribution in [2.45, 2.75) is 46.1 Å². The summed E-state index contributed by atoms with van der Waals surface area (Å²) in [6.07, 6.45) is 4.54. The Hall–Kier alpha value is -2.10. The summed E-state index contributed by atoms with van der Waals surface area (Å²) >= 11 is 0. The molecule has 22 heavy (non-hydrogen) atoms. The predicted molar refractivity (Wildman–Crippen MR) is 89.5 cm³/mol. The van der Waals surface area contributed by atoms with Crippen molar-refractivity contribution in [3.8, 4) is 11.3 Å². The van der Waals surface area contributed by atoms with Gasteiger partial charge in [0.05, 0.1) is 11.7 Å². The van der Waals surface area contributed by atoms with E-state index in [2.05, 4.69) is 43.4 Å². The van der Waals surface area contributed by atoms with Gasteiger partial charge >= 0.3 is 0 Å². The lowest BCUT2D eigenvalue weighted by molar-refractivity contribution is -0.121. The van der Waals surface area contributed by atoms with E-state index < -0.39 is 0 Å². The fraction of sp³-hybridized carbons (Fsp3) is 0.444. The molecule has 0 aliphatic heterocycles. The van der Waals surface area contributed by atoms with Crippen molar-refractivity contribution in [2.75, 3.05) is 0 Å². The monoisotopic (exact) mass is 299 g/mol. The molecule has 2 aromatic rings. The van der Waals surface area contributed by atoms with Crippen LogP contribution in [0.5, 0.6) is 0 Å². The summed E-state index contributed by atoms with van der Waals surface area (Å²) in [6.45, 7) is 6.13. The molecule has 1 amide bonds. The Morgan fingerprint density at radius 1 is 1.32 bits per heavy atom. The zero-order valence-electron chi connectivity index (χ0n) is 13.9.